The molecule has 0 saturated carbocycles. The molecule has 1 atom stereocenters. The molecule has 2 aromatic rings. The van der Waals surface area contributed by atoms with Gasteiger partial charge in [0.2, 0.25) is 5.88 Å². The first kappa shape index (κ1) is 18.4. The van der Waals surface area contributed by atoms with Gasteiger partial charge in [-0.2, -0.15) is 5.26 Å². The maximum absolute atomic E-state index is 12.7. The lowest BCUT2D eigenvalue weighted by Gasteiger charge is -2.49. The first-order valence-electron chi connectivity index (χ1n) is 9.01. The van der Waals surface area contributed by atoms with Crippen molar-refractivity contribution in [2.24, 2.45) is 5.92 Å². The van der Waals surface area contributed by atoms with Crippen LogP contribution in [0, 0.1) is 17.2 Å². The van der Waals surface area contributed by atoms with E-state index in [0.717, 1.165) is 0 Å². The molecule has 0 bridgehead atoms. The molecule has 4 rings (SSSR count). The minimum absolute atomic E-state index is 0.106. The molecule has 2 saturated heterocycles. The first-order valence-corrected chi connectivity index (χ1v) is 10.7. The molecule has 2 aliphatic rings. The highest BCUT2D eigenvalue weighted by molar-refractivity contribution is 7.93. The number of pyridine rings is 1. The monoisotopic (exact) mass is 397 g/mol. The second kappa shape index (κ2) is 6.91. The predicted molar refractivity (Wildman–Crippen MR) is 101 cm³/mol. The van der Waals surface area contributed by atoms with Crippen molar-refractivity contribution < 1.29 is 17.9 Å². The van der Waals surface area contributed by atoms with Gasteiger partial charge >= 0.3 is 0 Å². The molecule has 1 spiro atoms. The lowest BCUT2D eigenvalue weighted by atomic mass is 9.83. The minimum Gasteiger partial charge on any atom is -0.477 e. The van der Waals surface area contributed by atoms with Gasteiger partial charge in [0.25, 0.3) is 5.91 Å². The summed E-state index contributed by atoms with van der Waals surface area (Å²) >= 11 is 0. The van der Waals surface area contributed by atoms with Gasteiger partial charge in [-0.15, -0.1) is 0 Å². The third kappa shape index (κ3) is 3.02. The van der Waals surface area contributed by atoms with Crippen LogP contribution in [0.3, 0.4) is 0 Å². The van der Waals surface area contributed by atoms with Crippen molar-refractivity contribution in [3.63, 3.8) is 0 Å². The van der Waals surface area contributed by atoms with Gasteiger partial charge in [0.15, 0.2) is 9.84 Å². The fourth-order valence-electron chi connectivity index (χ4n) is 3.97. The summed E-state index contributed by atoms with van der Waals surface area (Å²) in [5.74, 6) is 0.126. The van der Waals surface area contributed by atoms with Crippen LogP contribution in [0.2, 0.25) is 0 Å². The molecule has 144 valence electrons. The quantitative estimate of drug-likeness (QED) is 0.778. The third-order valence-electron chi connectivity index (χ3n) is 5.61. The SMILES string of the molecule is N#Cc1cccc(C(=O)N2CC3(C2)[C@@H](COc2ccccn2)CCS3(=O)=O)c1. The molecule has 0 radical (unpaired) electrons. The number of nitriles is 1. The lowest BCUT2D eigenvalue weighted by Crippen LogP contribution is -2.68. The van der Waals surface area contributed by atoms with E-state index in [1.807, 2.05) is 12.1 Å². The summed E-state index contributed by atoms with van der Waals surface area (Å²) < 4.78 is 30.2. The van der Waals surface area contributed by atoms with E-state index in [2.05, 4.69) is 4.98 Å². The number of likely N-dealkylation sites (tertiary alicyclic amines) is 1. The maximum Gasteiger partial charge on any atom is 0.253 e. The van der Waals surface area contributed by atoms with Crippen LogP contribution < -0.4 is 4.74 Å². The van der Waals surface area contributed by atoms with Gasteiger partial charge in [-0.3, -0.25) is 4.79 Å². The van der Waals surface area contributed by atoms with Crippen LogP contribution in [0.25, 0.3) is 0 Å². The van der Waals surface area contributed by atoms with Gasteiger partial charge in [-0.1, -0.05) is 12.1 Å². The van der Waals surface area contributed by atoms with E-state index in [4.69, 9.17) is 10.00 Å². The van der Waals surface area contributed by atoms with Crippen molar-refractivity contribution in [1.82, 2.24) is 9.88 Å². The molecular weight excluding hydrogens is 378 g/mol. The summed E-state index contributed by atoms with van der Waals surface area (Å²) in [4.78, 5) is 18.4. The molecule has 8 heteroatoms. The number of amides is 1. The first-order chi connectivity index (χ1) is 13.4. The van der Waals surface area contributed by atoms with E-state index in [1.54, 1.807) is 36.5 Å². The number of hydrogen-bond donors (Lipinski definition) is 0. The summed E-state index contributed by atoms with van der Waals surface area (Å²) in [5.41, 5.74) is 0.793. The van der Waals surface area contributed by atoms with E-state index < -0.39 is 14.6 Å². The number of hydrogen-bond acceptors (Lipinski definition) is 6. The molecule has 0 unspecified atom stereocenters. The second-order valence-corrected chi connectivity index (χ2v) is 9.65. The average molecular weight is 397 g/mol. The normalized spacial score (nSPS) is 21.7. The van der Waals surface area contributed by atoms with E-state index in [1.165, 1.54) is 11.0 Å². The molecule has 7 nitrogen and oxygen atoms in total. The van der Waals surface area contributed by atoms with Crippen LogP contribution in [0.15, 0.2) is 48.7 Å². The summed E-state index contributed by atoms with van der Waals surface area (Å²) in [5, 5.41) is 9.00. The number of carbonyl (C=O) groups excluding carboxylic acids is 1. The predicted octanol–water partition coefficient (Wildman–Crippen LogP) is 1.66. The maximum atomic E-state index is 12.7. The van der Waals surface area contributed by atoms with Crippen molar-refractivity contribution in [1.29, 1.82) is 5.26 Å². The van der Waals surface area contributed by atoms with E-state index in [9.17, 15) is 13.2 Å². The van der Waals surface area contributed by atoms with Crippen molar-refractivity contribution in [3.05, 3.63) is 59.8 Å². The zero-order chi connectivity index (χ0) is 19.8. The van der Waals surface area contributed by atoms with Crippen molar-refractivity contribution >= 4 is 15.7 Å². The number of aromatic nitrogens is 1. The number of ether oxygens (including phenoxy) is 1. The highest BCUT2D eigenvalue weighted by Crippen LogP contribution is 2.45. The van der Waals surface area contributed by atoms with E-state index in [-0.39, 0.29) is 37.3 Å². The van der Waals surface area contributed by atoms with Crippen molar-refractivity contribution in [2.45, 2.75) is 11.2 Å². The van der Waals surface area contributed by atoms with Crippen LogP contribution >= 0.6 is 0 Å². The van der Waals surface area contributed by atoms with Crippen LogP contribution in [0.1, 0.15) is 22.3 Å². The van der Waals surface area contributed by atoms with Gasteiger partial charge in [0.05, 0.1) is 24.0 Å². The topological polar surface area (TPSA) is 100 Å². The van der Waals surface area contributed by atoms with Crippen LogP contribution in [0.4, 0.5) is 0 Å². The average Bonchev–Trinajstić information content (AvgIpc) is 2.96. The molecule has 2 fully saturated rings. The summed E-state index contributed by atoms with van der Waals surface area (Å²) in [6.45, 7) is 0.560. The smallest absolute Gasteiger partial charge is 0.253 e. The molecule has 3 heterocycles. The molecule has 2 aliphatic heterocycles. The highest BCUT2D eigenvalue weighted by Gasteiger charge is 2.62. The van der Waals surface area contributed by atoms with Crippen LogP contribution in [0.5, 0.6) is 5.88 Å². The second-order valence-electron chi connectivity index (χ2n) is 7.20. The zero-order valence-corrected chi connectivity index (χ0v) is 15.9. The Morgan fingerprint density at radius 3 is 2.82 bits per heavy atom. The molecule has 1 aromatic heterocycles. The van der Waals surface area contributed by atoms with Gasteiger partial charge in [0.1, 0.15) is 4.75 Å². The van der Waals surface area contributed by atoms with E-state index >= 15 is 0 Å². The minimum atomic E-state index is -3.31. The molecule has 1 amide bonds. The Balaban J connectivity index is 1.48. The summed E-state index contributed by atoms with van der Waals surface area (Å²) in [7, 11) is -3.31. The summed E-state index contributed by atoms with van der Waals surface area (Å²) in [6.07, 6.45) is 2.14. The Morgan fingerprint density at radius 2 is 2.11 bits per heavy atom. The Morgan fingerprint density at radius 1 is 1.29 bits per heavy atom. The lowest BCUT2D eigenvalue weighted by molar-refractivity contribution is 0.0407. The summed E-state index contributed by atoms with van der Waals surface area (Å²) in [6, 6.07) is 13.8. The number of benzene rings is 1. The van der Waals surface area contributed by atoms with Gasteiger partial charge < -0.3 is 9.64 Å². The van der Waals surface area contributed by atoms with Gasteiger partial charge in [0, 0.05) is 36.8 Å². The number of rotatable bonds is 4. The number of nitrogens with zero attached hydrogens (tertiary/aromatic N) is 3. The standard InChI is InChI=1S/C20H19N3O4S/c21-11-15-4-3-5-16(10-15)19(24)23-13-20(14-23)17(7-9-28(20,25)26)12-27-18-6-1-2-8-22-18/h1-6,8,10,17H,7,9,12-14H2/t17-/m1/s1. The van der Waals surface area contributed by atoms with Crippen molar-refractivity contribution in [2.75, 3.05) is 25.4 Å². The molecule has 1 aromatic carbocycles. The largest absolute Gasteiger partial charge is 0.477 e. The Hall–Kier alpha value is -2.92. The Bertz CT molecular complexity index is 1040. The zero-order valence-electron chi connectivity index (χ0n) is 15.1. The van der Waals surface area contributed by atoms with Crippen molar-refractivity contribution in [3.8, 4) is 11.9 Å². The molecular formula is C20H19N3O4S. The molecule has 0 aliphatic carbocycles. The molecule has 28 heavy (non-hydrogen) atoms. The number of carbonyl (C=O) groups is 1. The van der Waals surface area contributed by atoms with Gasteiger partial charge in [-0.05, 0) is 30.7 Å². The van der Waals surface area contributed by atoms with Crippen LogP contribution in [-0.2, 0) is 9.84 Å². The third-order valence-corrected chi connectivity index (χ3v) is 8.21. The van der Waals surface area contributed by atoms with Crippen LogP contribution in [-0.4, -0.2) is 54.4 Å². The highest BCUT2D eigenvalue weighted by atomic mass is 32.2. The fraction of sp³-hybridized carbons (Fsp3) is 0.350. The van der Waals surface area contributed by atoms with E-state index in [0.29, 0.717) is 23.4 Å². The number of sulfone groups is 1. The Labute approximate surface area is 163 Å². The van der Waals surface area contributed by atoms with Gasteiger partial charge in [-0.25, -0.2) is 13.4 Å². The fourth-order valence-corrected chi connectivity index (χ4v) is 6.37. The molecule has 0 N–H and O–H groups in total. The Kier molecular flexibility index (Phi) is 4.55.